The first-order valence-corrected chi connectivity index (χ1v) is 5.47. The molecule has 0 aliphatic rings. The molecule has 0 aliphatic heterocycles. The van der Waals surface area contributed by atoms with Crippen molar-refractivity contribution >= 4 is 0 Å². The molecular weight excluding hydrogens is 198 g/mol. The fraction of sp³-hybridized carbons (Fsp3) is 0.308. The second-order valence-electron chi connectivity index (χ2n) is 4.12. The summed E-state index contributed by atoms with van der Waals surface area (Å²) in [5.41, 5.74) is 9.55. The van der Waals surface area contributed by atoms with E-state index in [-0.39, 0.29) is 6.04 Å². The number of rotatable bonds is 3. The van der Waals surface area contributed by atoms with Gasteiger partial charge in [-0.2, -0.15) is 5.10 Å². The van der Waals surface area contributed by atoms with Crippen LogP contribution < -0.4 is 5.73 Å². The molecule has 0 fully saturated rings. The van der Waals surface area contributed by atoms with Crippen LogP contribution >= 0.6 is 0 Å². The lowest BCUT2D eigenvalue weighted by atomic mass is 10.0. The summed E-state index contributed by atoms with van der Waals surface area (Å²) >= 11 is 0. The van der Waals surface area contributed by atoms with Crippen molar-refractivity contribution in [3.05, 3.63) is 53.3 Å². The summed E-state index contributed by atoms with van der Waals surface area (Å²) in [6, 6.07) is 12.3. The summed E-state index contributed by atoms with van der Waals surface area (Å²) in [6.45, 7) is 2.00. The number of hydrogen-bond donors (Lipinski definition) is 1. The van der Waals surface area contributed by atoms with E-state index in [4.69, 9.17) is 5.73 Å². The number of aromatic nitrogens is 2. The van der Waals surface area contributed by atoms with E-state index >= 15 is 0 Å². The number of nitrogens with zero attached hydrogens (tertiary/aromatic N) is 2. The van der Waals surface area contributed by atoms with Crippen LogP contribution in [0.4, 0.5) is 0 Å². The molecule has 3 nitrogen and oxygen atoms in total. The largest absolute Gasteiger partial charge is 0.324 e. The maximum atomic E-state index is 6.16. The quantitative estimate of drug-likeness (QED) is 0.850. The maximum Gasteiger partial charge on any atom is 0.0596 e. The highest BCUT2D eigenvalue weighted by Crippen LogP contribution is 2.15. The molecule has 0 saturated carbocycles. The van der Waals surface area contributed by atoms with Gasteiger partial charge in [-0.05, 0) is 18.6 Å². The molecule has 0 bridgehead atoms. The summed E-state index contributed by atoms with van der Waals surface area (Å²) < 4.78 is 1.90. The van der Waals surface area contributed by atoms with Gasteiger partial charge in [0.1, 0.15) is 0 Å². The topological polar surface area (TPSA) is 43.8 Å². The third-order valence-electron chi connectivity index (χ3n) is 2.76. The van der Waals surface area contributed by atoms with Gasteiger partial charge in [-0.3, -0.25) is 4.68 Å². The number of nitrogens with two attached hydrogens (primary N) is 1. The molecule has 1 unspecified atom stereocenters. The molecule has 2 rings (SSSR count). The third kappa shape index (κ3) is 2.31. The van der Waals surface area contributed by atoms with Crippen LogP contribution in [0, 0.1) is 6.92 Å². The van der Waals surface area contributed by atoms with Crippen LogP contribution in [0.25, 0.3) is 0 Å². The van der Waals surface area contributed by atoms with Crippen LogP contribution in [0.15, 0.2) is 36.4 Å². The van der Waals surface area contributed by atoms with Crippen LogP contribution in [0.2, 0.25) is 0 Å². The zero-order valence-electron chi connectivity index (χ0n) is 9.72. The van der Waals surface area contributed by atoms with E-state index in [0.717, 1.165) is 12.1 Å². The predicted molar refractivity (Wildman–Crippen MR) is 65.0 cm³/mol. The van der Waals surface area contributed by atoms with E-state index in [1.54, 1.807) is 0 Å². The number of aryl methyl sites for hydroxylation is 2. The summed E-state index contributed by atoms with van der Waals surface area (Å²) in [7, 11) is 1.96. The third-order valence-corrected chi connectivity index (χ3v) is 2.76. The molecule has 1 atom stereocenters. The van der Waals surface area contributed by atoms with Crippen molar-refractivity contribution < 1.29 is 0 Å². The molecule has 84 valence electrons. The summed E-state index contributed by atoms with van der Waals surface area (Å²) in [5, 5.41) is 4.32. The lowest BCUT2D eigenvalue weighted by Crippen LogP contribution is -2.15. The van der Waals surface area contributed by atoms with Gasteiger partial charge in [-0.1, -0.05) is 30.3 Å². The van der Waals surface area contributed by atoms with E-state index < -0.39 is 0 Å². The number of hydrogen-bond acceptors (Lipinski definition) is 2. The van der Waals surface area contributed by atoms with Gasteiger partial charge in [-0.25, -0.2) is 0 Å². The van der Waals surface area contributed by atoms with Crippen molar-refractivity contribution in [2.45, 2.75) is 19.4 Å². The second kappa shape index (κ2) is 4.49. The Hall–Kier alpha value is -1.61. The Bertz CT molecular complexity index is 459. The first kappa shape index (κ1) is 10.9. The molecule has 0 radical (unpaired) electrons. The fourth-order valence-corrected chi connectivity index (χ4v) is 1.90. The zero-order chi connectivity index (χ0) is 11.5. The fourth-order valence-electron chi connectivity index (χ4n) is 1.90. The monoisotopic (exact) mass is 215 g/mol. The van der Waals surface area contributed by atoms with Crippen molar-refractivity contribution in [1.82, 2.24) is 9.78 Å². The minimum Gasteiger partial charge on any atom is -0.324 e. The van der Waals surface area contributed by atoms with Gasteiger partial charge >= 0.3 is 0 Å². The van der Waals surface area contributed by atoms with Crippen molar-refractivity contribution in [2.75, 3.05) is 0 Å². The van der Waals surface area contributed by atoms with Crippen molar-refractivity contribution in [2.24, 2.45) is 12.8 Å². The smallest absolute Gasteiger partial charge is 0.0596 e. The summed E-state index contributed by atoms with van der Waals surface area (Å²) in [4.78, 5) is 0. The van der Waals surface area contributed by atoms with Crippen LogP contribution in [0.5, 0.6) is 0 Å². The van der Waals surface area contributed by atoms with Crippen molar-refractivity contribution in [3.63, 3.8) is 0 Å². The Labute approximate surface area is 95.9 Å². The molecule has 1 aromatic carbocycles. The molecule has 0 saturated heterocycles. The molecule has 2 aromatic rings. The first-order chi connectivity index (χ1) is 7.66. The molecule has 1 aromatic heterocycles. The highest BCUT2D eigenvalue weighted by molar-refractivity contribution is 5.21. The maximum absolute atomic E-state index is 6.16. The summed E-state index contributed by atoms with van der Waals surface area (Å²) in [6.07, 6.45) is 0.821. The SMILES string of the molecule is Cc1cc(CC(N)c2ccccc2)n(C)n1. The second-order valence-corrected chi connectivity index (χ2v) is 4.12. The molecule has 16 heavy (non-hydrogen) atoms. The number of benzene rings is 1. The van der Waals surface area contributed by atoms with Gasteiger partial charge in [0, 0.05) is 25.2 Å². The lowest BCUT2D eigenvalue weighted by molar-refractivity contribution is 0.640. The molecule has 0 amide bonds. The Morgan fingerprint density at radius 2 is 2.00 bits per heavy atom. The molecule has 1 heterocycles. The van der Waals surface area contributed by atoms with Gasteiger partial charge in [0.25, 0.3) is 0 Å². The van der Waals surface area contributed by atoms with Crippen LogP contribution in [0.1, 0.15) is 23.0 Å². The highest BCUT2D eigenvalue weighted by atomic mass is 15.3. The van der Waals surface area contributed by atoms with Crippen molar-refractivity contribution in [1.29, 1.82) is 0 Å². The van der Waals surface area contributed by atoms with Crippen LogP contribution in [0.3, 0.4) is 0 Å². The van der Waals surface area contributed by atoms with Gasteiger partial charge in [0.2, 0.25) is 0 Å². The van der Waals surface area contributed by atoms with Crippen LogP contribution in [-0.4, -0.2) is 9.78 Å². The Morgan fingerprint density at radius 3 is 2.56 bits per heavy atom. The van der Waals surface area contributed by atoms with Crippen molar-refractivity contribution in [3.8, 4) is 0 Å². The molecule has 0 spiro atoms. The van der Waals surface area contributed by atoms with Gasteiger partial charge in [0.05, 0.1) is 5.69 Å². The Morgan fingerprint density at radius 1 is 1.31 bits per heavy atom. The summed E-state index contributed by atoms with van der Waals surface area (Å²) in [5.74, 6) is 0. The Balaban J connectivity index is 2.14. The molecule has 0 aliphatic carbocycles. The molecule has 2 N–H and O–H groups in total. The molecular formula is C13H17N3. The van der Waals surface area contributed by atoms with E-state index in [0.29, 0.717) is 0 Å². The highest BCUT2D eigenvalue weighted by Gasteiger charge is 2.09. The van der Waals surface area contributed by atoms with E-state index in [9.17, 15) is 0 Å². The normalized spacial score (nSPS) is 12.7. The average molecular weight is 215 g/mol. The van der Waals surface area contributed by atoms with Gasteiger partial charge < -0.3 is 5.73 Å². The minimum atomic E-state index is 0.0380. The zero-order valence-corrected chi connectivity index (χ0v) is 9.72. The van der Waals surface area contributed by atoms with E-state index in [1.165, 1.54) is 11.3 Å². The Kier molecular flexibility index (Phi) is 3.06. The first-order valence-electron chi connectivity index (χ1n) is 5.47. The van der Waals surface area contributed by atoms with E-state index in [2.05, 4.69) is 23.3 Å². The van der Waals surface area contributed by atoms with Crippen LogP contribution in [-0.2, 0) is 13.5 Å². The average Bonchev–Trinajstić information content (AvgIpc) is 2.59. The molecule has 3 heteroatoms. The lowest BCUT2D eigenvalue weighted by Gasteiger charge is -2.11. The van der Waals surface area contributed by atoms with Gasteiger partial charge in [0.15, 0.2) is 0 Å². The van der Waals surface area contributed by atoms with Gasteiger partial charge in [-0.15, -0.1) is 0 Å². The minimum absolute atomic E-state index is 0.0380. The van der Waals surface area contributed by atoms with E-state index in [1.807, 2.05) is 36.9 Å². The predicted octanol–water partition coefficient (Wildman–Crippen LogP) is 1.97. The standard InChI is InChI=1S/C13H17N3/c1-10-8-12(16(2)15-10)9-13(14)11-6-4-3-5-7-11/h3-8,13H,9,14H2,1-2H3.